The molecule has 0 aromatic carbocycles. The molecule has 1 fully saturated rings. The first-order chi connectivity index (χ1) is 6.29. The SMILES string of the molecule is CN1CCCC1c1cccnc1N. The van der Waals surface area contributed by atoms with Crippen LogP contribution in [-0.2, 0) is 0 Å². The van der Waals surface area contributed by atoms with Gasteiger partial charge in [0.15, 0.2) is 0 Å². The Morgan fingerprint density at radius 2 is 2.46 bits per heavy atom. The van der Waals surface area contributed by atoms with E-state index in [4.69, 9.17) is 5.73 Å². The Bertz CT molecular complexity index is 298. The van der Waals surface area contributed by atoms with Gasteiger partial charge in [-0.05, 0) is 32.5 Å². The highest BCUT2D eigenvalue weighted by molar-refractivity contribution is 5.41. The van der Waals surface area contributed by atoms with Crippen LogP contribution in [0, 0.1) is 0 Å². The van der Waals surface area contributed by atoms with Gasteiger partial charge in [0.2, 0.25) is 0 Å². The predicted molar refractivity (Wildman–Crippen MR) is 53.3 cm³/mol. The van der Waals surface area contributed by atoms with Crippen molar-refractivity contribution in [3.63, 3.8) is 0 Å². The van der Waals surface area contributed by atoms with E-state index in [-0.39, 0.29) is 0 Å². The highest BCUT2D eigenvalue weighted by Gasteiger charge is 2.24. The van der Waals surface area contributed by atoms with Crippen molar-refractivity contribution < 1.29 is 0 Å². The summed E-state index contributed by atoms with van der Waals surface area (Å²) in [5.41, 5.74) is 7.01. The normalized spacial score (nSPS) is 23.6. The number of nitrogens with zero attached hydrogens (tertiary/aromatic N) is 2. The fraction of sp³-hybridized carbons (Fsp3) is 0.500. The summed E-state index contributed by atoms with van der Waals surface area (Å²) < 4.78 is 0. The van der Waals surface area contributed by atoms with E-state index in [1.165, 1.54) is 24.9 Å². The third kappa shape index (κ3) is 1.52. The van der Waals surface area contributed by atoms with Crippen molar-refractivity contribution in [1.82, 2.24) is 9.88 Å². The molecule has 0 aliphatic carbocycles. The summed E-state index contributed by atoms with van der Waals surface area (Å²) in [5.74, 6) is 0.682. The number of anilines is 1. The third-order valence-corrected chi connectivity index (χ3v) is 2.75. The maximum absolute atomic E-state index is 5.82. The molecule has 0 radical (unpaired) electrons. The van der Waals surface area contributed by atoms with E-state index in [2.05, 4.69) is 23.0 Å². The Morgan fingerprint density at radius 1 is 1.62 bits per heavy atom. The van der Waals surface area contributed by atoms with Crippen molar-refractivity contribution in [2.45, 2.75) is 18.9 Å². The lowest BCUT2D eigenvalue weighted by molar-refractivity contribution is 0.318. The van der Waals surface area contributed by atoms with Gasteiger partial charge in [0.1, 0.15) is 5.82 Å². The molecule has 2 rings (SSSR count). The van der Waals surface area contributed by atoms with Crippen LogP contribution in [0.5, 0.6) is 0 Å². The minimum atomic E-state index is 0.480. The van der Waals surface area contributed by atoms with Gasteiger partial charge in [0.05, 0.1) is 0 Å². The number of hydrogen-bond donors (Lipinski definition) is 1. The molecule has 1 aliphatic rings. The van der Waals surface area contributed by atoms with Gasteiger partial charge < -0.3 is 5.73 Å². The summed E-state index contributed by atoms with van der Waals surface area (Å²) in [6, 6.07) is 4.51. The number of nitrogen functional groups attached to an aromatic ring is 1. The highest BCUT2D eigenvalue weighted by Crippen LogP contribution is 2.32. The van der Waals surface area contributed by atoms with Crippen LogP contribution in [0.4, 0.5) is 5.82 Å². The van der Waals surface area contributed by atoms with Gasteiger partial charge >= 0.3 is 0 Å². The van der Waals surface area contributed by atoms with Gasteiger partial charge in [-0.1, -0.05) is 6.07 Å². The number of aromatic nitrogens is 1. The molecule has 0 amide bonds. The van der Waals surface area contributed by atoms with Crippen molar-refractivity contribution in [2.75, 3.05) is 19.3 Å². The summed E-state index contributed by atoms with van der Waals surface area (Å²) >= 11 is 0. The van der Waals surface area contributed by atoms with Crippen molar-refractivity contribution in [3.8, 4) is 0 Å². The molecule has 0 bridgehead atoms. The molecule has 1 aliphatic heterocycles. The first-order valence-corrected chi connectivity index (χ1v) is 4.69. The molecule has 1 saturated heterocycles. The van der Waals surface area contributed by atoms with E-state index in [1.807, 2.05) is 6.07 Å². The first kappa shape index (κ1) is 8.51. The second kappa shape index (κ2) is 3.34. The molecule has 2 heterocycles. The van der Waals surface area contributed by atoms with Crippen LogP contribution in [0.3, 0.4) is 0 Å². The Labute approximate surface area is 78.6 Å². The van der Waals surface area contributed by atoms with E-state index in [9.17, 15) is 0 Å². The lowest BCUT2D eigenvalue weighted by atomic mass is 10.1. The molecule has 3 nitrogen and oxygen atoms in total. The molecular weight excluding hydrogens is 162 g/mol. The Balaban J connectivity index is 2.29. The number of rotatable bonds is 1. The molecule has 2 N–H and O–H groups in total. The third-order valence-electron chi connectivity index (χ3n) is 2.75. The number of likely N-dealkylation sites (tertiary alicyclic amines) is 1. The maximum atomic E-state index is 5.82. The average Bonchev–Trinajstić information content (AvgIpc) is 2.52. The van der Waals surface area contributed by atoms with E-state index in [0.717, 1.165) is 0 Å². The van der Waals surface area contributed by atoms with Crippen molar-refractivity contribution in [1.29, 1.82) is 0 Å². The minimum absolute atomic E-state index is 0.480. The molecule has 0 saturated carbocycles. The van der Waals surface area contributed by atoms with E-state index >= 15 is 0 Å². The topological polar surface area (TPSA) is 42.2 Å². The largest absolute Gasteiger partial charge is 0.383 e. The highest BCUT2D eigenvalue weighted by atomic mass is 15.1. The Morgan fingerprint density at radius 3 is 3.08 bits per heavy atom. The lowest BCUT2D eigenvalue weighted by Crippen LogP contribution is -2.18. The number of pyridine rings is 1. The molecule has 3 heteroatoms. The molecule has 0 spiro atoms. The molecule has 1 atom stereocenters. The Hall–Kier alpha value is -1.09. The van der Waals surface area contributed by atoms with Gasteiger partial charge in [-0.25, -0.2) is 4.98 Å². The summed E-state index contributed by atoms with van der Waals surface area (Å²) in [6.45, 7) is 1.17. The lowest BCUT2D eigenvalue weighted by Gasteiger charge is -2.20. The summed E-state index contributed by atoms with van der Waals surface area (Å²) in [4.78, 5) is 6.45. The van der Waals surface area contributed by atoms with Crippen molar-refractivity contribution in [2.24, 2.45) is 0 Å². The van der Waals surface area contributed by atoms with Crippen LogP contribution in [-0.4, -0.2) is 23.5 Å². The van der Waals surface area contributed by atoms with Crippen LogP contribution >= 0.6 is 0 Å². The Kier molecular flexibility index (Phi) is 2.19. The second-order valence-electron chi connectivity index (χ2n) is 3.62. The van der Waals surface area contributed by atoms with Crippen LogP contribution < -0.4 is 5.73 Å². The zero-order valence-electron chi connectivity index (χ0n) is 7.90. The second-order valence-corrected chi connectivity index (χ2v) is 3.62. The fourth-order valence-corrected chi connectivity index (χ4v) is 2.01. The monoisotopic (exact) mass is 177 g/mol. The average molecular weight is 177 g/mol. The summed E-state index contributed by atoms with van der Waals surface area (Å²) in [5, 5.41) is 0. The van der Waals surface area contributed by atoms with E-state index in [1.54, 1.807) is 6.20 Å². The van der Waals surface area contributed by atoms with Gasteiger partial charge in [-0.2, -0.15) is 0 Å². The van der Waals surface area contributed by atoms with Crippen LogP contribution in [0.15, 0.2) is 18.3 Å². The smallest absolute Gasteiger partial charge is 0.128 e. The fourth-order valence-electron chi connectivity index (χ4n) is 2.01. The maximum Gasteiger partial charge on any atom is 0.128 e. The van der Waals surface area contributed by atoms with E-state index in [0.29, 0.717) is 11.9 Å². The van der Waals surface area contributed by atoms with Gasteiger partial charge in [0.25, 0.3) is 0 Å². The molecule has 70 valence electrons. The molecular formula is C10H15N3. The van der Waals surface area contributed by atoms with Gasteiger partial charge in [-0.15, -0.1) is 0 Å². The van der Waals surface area contributed by atoms with Crippen molar-refractivity contribution >= 4 is 5.82 Å². The quantitative estimate of drug-likeness (QED) is 0.705. The van der Waals surface area contributed by atoms with Gasteiger partial charge in [0, 0.05) is 17.8 Å². The van der Waals surface area contributed by atoms with Gasteiger partial charge in [-0.3, -0.25) is 4.90 Å². The number of hydrogen-bond acceptors (Lipinski definition) is 3. The van der Waals surface area contributed by atoms with Crippen LogP contribution in [0.1, 0.15) is 24.4 Å². The summed E-state index contributed by atoms with van der Waals surface area (Å²) in [7, 11) is 2.14. The zero-order chi connectivity index (χ0) is 9.26. The van der Waals surface area contributed by atoms with E-state index < -0.39 is 0 Å². The summed E-state index contributed by atoms with van der Waals surface area (Å²) in [6.07, 6.45) is 4.20. The van der Waals surface area contributed by atoms with Crippen molar-refractivity contribution in [3.05, 3.63) is 23.9 Å². The minimum Gasteiger partial charge on any atom is -0.383 e. The standard InChI is InChI=1S/C10H15N3/c1-13-7-3-5-9(13)8-4-2-6-12-10(8)11/h2,4,6,9H,3,5,7H2,1H3,(H2,11,12). The predicted octanol–water partition coefficient (Wildman–Crippen LogP) is 1.43. The molecule has 1 aromatic heterocycles. The van der Waals surface area contributed by atoms with Crippen LogP contribution in [0.2, 0.25) is 0 Å². The zero-order valence-corrected chi connectivity index (χ0v) is 7.90. The molecule has 1 unspecified atom stereocenters. The molecule has 13 heavy (non-hydrogen) atoms. The van der Waals surface area contributed by atoms with Crippen LogP contribution in [0.25, 0.3) is 0 Å². The molecule has 1 aromatic rings. The number of nitrogens with two attached hydrogens (primary N) is 1. The first-order valence-electron chi connectivity index (χ1n) is 4.69.